The van der Waals surface area contributed by atoms with Gasteiger partial charge in [-0.1, -0.05) is 13.8 Å². The number of hydrogen-bond acceptors (Lipinski definition) is 4. The van der Waals surface area contributed by atoms with Crippen LogP contribution in [0.4, 0.5) is 0 Å². The lowest BCUT2D eigenvalue weighted by atomic mass is 10.2. The van der Waals surface area contributed by atoms with Gasteiger partial charge in [0.1, 0.15) is 5.69 Å². The molecule has 0 fully saturated rings. The molecule has 16 heavy (non-hydrogen) atoms. The molecule has 4 nitrogen and oxygen atoms in total. The number of oxazole rings is 1. The molecule has 0 aliphatic rings. The Labute approximate surface area is 98.6 Å². The van der Waals surface area contributed by atoms with E-state index in [1.54, 1.807) is 12.1 Å². The third kappa shape index (κ3) is 2.46. The smallest absolute Gasteiger partial charge is 0.194 e. The number of halogens is 1. The van der Waals surface area contributed by atoms with Gasteiger partial charge in [-0.25, -0.2) is 4.98 Å². The molecule has 5 heteroatoms. The molecule has 0 atom stereocenters. The van der Waals surface area contributed by atoms with Crippen molar-refractivity contribution in [3.63, 3.8) is 0 Å². The van der Waals surface area contributed by atoms with Gasteiger partial charge in [0.05, 0.1) is 0 Å². The second-order valence-corrected chi connectivity index (χ2v) is 4.14. The molecular weight excluding hydrogens is 228 g/mol. The number of furan rings is 1. The molecule has 0 radical (unpaired) electrons. The van der Waals surface area contributed by atoms with Crippen LogP contribution in [0.3, 0.4) is 0 Å². The summed E-state index contributed by atoms with van der Waals surface area (Å²) in [6.07, 6.45) is 1.41. The molecule has 0 aliphatic heterocycles. The Bertz CT molecular complexity index is 462. The van der Waals surface area contributed by atoms with Crippen LogP contribution in [0.25, 0.3) is 11.5 Å². The van der Waals surface area contributed by atoms with E-state index in [9.17, 15) is 0 Å². The van der Waals surface area contributed by atoms with Crippen molar-refractivity contribution in [2.24, 2.45) is 0 Å². The van der Waals surface area contributed by atoms with Gasteiger partial charge >= 0.3 is 0 Å². The molecule has 0 unspecified atom stereocenters. The fraction of sp³-hybridized carbons (Fsp3) is 0.364. The number of nitrogens with zero attached hydrogens (tertiary/aromatic N) is 1. The fourth-order valence-electron chi connectivity index (χ4n) is 1.33. The van der Waals surface area contributed by atoms with E-state index in [-0.39, 0.29) is 0 Å². The molecule has 2 heterocycles. The van der Waals surface area contributed by atoms with Crippen molar-refractivity contribution in [1.82, 2.24) is 10.3 Å². The van der Waals surface area contributed by atoms with E-state index in [1.165, 1.54) is 6.39 Å². The van der Waals surface area contributed by atoms with E-state index in [0.717, 1.165) is 5.69 Å². The average molecular weight is 241 g/mol. The maximum atomic E-state index is 5.71. The van der Waals surface area contributed by atoms with E-state index in [4.69, 9.17) is 20.4 Å². The molecule has 0 bridgehead atoms. The van der Waals surface area contributed by atoms with E-state index in [1.807, 2.05) is 0 Å². The van der Waals surface area contributed by atoms with Crippen molar-refractivity contribution in [3.8, 4) is 11.5 Å². The largest absolute Gasteiger partial charge is 0.441 e. The van der Waals surface area contributed by atoms with Crippen LogP contribution < -0.4 is 5.32 Å². The van der Waals surface area contributed by atoms with Crippen LogP contribution in [0.15, 0.2) is 27.4 Å². The third-order valence-corrected chi connectivity index (χ3v) is 2.32. The summed E-state index contributed by atoms with van der Waals surface area (Å²) in [6.45, 7) is 4.79. The van der Waals surface area contributed by atoms with E-state index >= 15 is 0 Å². The Hall–Kier alpha value is -1.26. The third-order valence-electron chi connectivity index (χ3n) is 2.12. The van der Waals surface area contributed by atoms with Gasteiger partial charge in [0.25, 0.3) is 0 Å². The number of rotatable bonds is 4. The molecule has 0 aliphatic carbocycles. The highest BCUT2D eigenvalue weighted by Gasteiger charge is 2.14. The molecule has 1 N–H and O–H groups in total. The summed E-state index contributed by atoms with van der Waals surface area (Å²) in [6, 6.07) is 3.84. The van der Waals surface area contributed by atoms with Crippen molar-refractivity contribution in [2.75, 3.05) is 0 Å². The highest BCUT2D eigenvalue weighted by Crippen LogP contribution is 2.27. The standard InChI is InChI=1S/C11H13ClN2O2/c1-7(2)13-5-8-11(15-6-14-8)9-3-4-10(12)16-9/h3-4,6-7,13H,5H2,1-2H3. The minimum absolute atomic E-state index is 0.342. The summed E-state index contributed by atoms with van der Waals surface area (Å²) in [5.41, 5.74) is 0.819. The summed E-state index contributed by atoms with van der Waals surface area (Å²) >= 11 is 5.71. The summed E-state index contributed by atoms with van der Waals surface area (Å²) in [4.78, 5) is 4.14. The first-order valence-corrected chi connectivity index (χ1v) is 5.46. The van der Waals surface area contributed by atoms with Crippen molar-refractivity contribution in [2.45, 2.75) is 26.4 Å². The second-order valence-electron chi connectivity index (χ2n) is 3.77. The van der Waals surface area contributed by atoms with Crippen LogP contribution in [-0.2, 0) is 6.54 Å². The summed E-state index contributed by atoms with van der Waals surface area (Å²) in [7, 11) is 0. The molecule has 0 saturated carbocycles. The Morgan fingerprint density at radius 2 is 2.25 bits per heavy atom. The van der Waals surface area contributed by atoms with E-state index < -0.39 is 0 Å². The zero-order valence-corrected chi connectivity index (χ0v) is 9.91. The molecule has 0 saturated heterocycles. The van der Waals surface area contributed by atoms with Gasteiger partial charge in [-0.15, -0.1) is 0 Å². The molecular formula is C11H13ClN2O2. The van der Waals surface area contributed by atoms with Crippen molar-refractivity contribution in [1.29, 1.82) is 0 Å². The molecule has 0 spiro atoms. The Morgan fingerprint density at radius 3 is 2.88 bits per heavy atom. The normalized spacial score (nSPS) is 11.2. The van der Waals surface area contributed by atoms with E-state index in [0.29, 0.717) is 29.3 Å². The van der Waals surface area contributed by atoms with Crippen LogP contribution in [0, 0.1) is 0 Å². The first kappa shape index (κ1) is 11.2. The molecule has 2 aromatic heterocycles. The quantitative estimate of drug-likeness (QED) is 0.892. The fourth-order valence-corrected chi connectivity index (χ4v) is 1.48. The lowest BCUT2D eigenvalue weighted by Gasteiger charge is -2.05. The summed E-state index contributed by atoms with van der Waals surface area (Å²) in [5.74, 6) is 1.23. The highest BCUT2D eigenvalue weighted by atomic mass is 35.5. The van der Waals surface area contributed by atoms with Crippen LogP contribution in [0.2, 0.25) is 5.22 Å². The van der Waals surface area contributed by atoms with Gasteiger partial charge in [-0.2, -0.15) is 0 Å². The first-order chi connectivity index (χ1) is 7.66. The molecule has 2 rings (SSSR count). The van der Waals surface area contributed by atoms with Gasteiger partial charge in [-0.3, -0.25) is 0 Å². The second kappa shape index (κ2) is 4.72. The number of aromatic nitrogens is 1. The highest BCUT2D eigenvalue weighted by molar-refractivity contribution is 6.28. The molecule has 2 aromatic rings. The topological polar surface area (TPSA) is 51.2 Å². The lowest BCUT2D eigenvalue weighted by Crippen LogP contribution is -2.22. The zero-order valence-electron chi connectivity index (χ0n) is 9.16. The molecule has 0 aromatic carbocycles. The number of hydrogen-bond donors (Lipinski definition) is 1. The summed E-state index contributed by atoms with van der Waals surface area (Å²) < 4.78 is 10.6. The van der Waals surface area contributed by atoms with Crippen LogP contribution in [0.1, 0.15) is 19.5 Å². The van der Waals surface area contributed by atoms with Gasteiger partial charge in [0.15, 0.2) is 23.1 Å². The molecule has 86 valence electrons. The zero-order chi connectivity index (χ0) is 11.5. The van der Waals surface area contributed by atoms with Gasteiger partial charge in [0, 0.05) is 12.6 Å². The van der Waals surface area contributed by atoms with Gasteiger partial charge in [0.2, 0.25) is 0 Å². The Morgan fingerprint density at radius 1 is 1.44 bits per heavy atom. The maximum absolute atomic E-state index is 5.71. The minimum atomic E-state index is 0.342. The van der Waals surface area contributed by atoms with Gasteiger partial charge in [-0.05, 0) is 23.7 Å². The SMILES string of the molecule is CC(C)NCc1ncoc1-c1ccc(Cl)o1. The maximum Gasteiger partial charge on any atom is 0.194 e. The Kier molecular flexibility index (Phi) is 3.31. The molecule has 0 amide bonds. The van der Waals surface area contributed by atoms with Crippen molar-refractivity contribution >= 4 is 11.6 Å². The predicted molar refractivity (Wildman–Crippen MR) is 61.2 cm³/mol. The first-order valence-electron chi connectivity index (χ1n) is 5.08. The van der Waals surface area contributed by atoms with Gasteiger partial charge < -0.3 is 14.2 Å². The van der Waals surface area contributed by atoms with Crippen molar-refractivity contribution in [3.05, 3.63) is 29.4 Å². The average Bonchev–Trinajstić information content (AvgIpc) is 2.82. The monoisotopic (exact) mass is 240 g/mol. The predicted octanol–water partition coefficient (Wildman–Crippen LogP) is 3.09. The number of nitrogens with one attached hydrogen (secondary N) is 1. The van der Waals surface area contributed by atoms with Crippen LogP contribution >= 0.6 is 11.6 Å². The van der Waals surface area contributed by atoms with Crippen LogP contribution in [-0.4, -0.2) is 11.0 Å². The lowest BCUT2D eigenvalue weighted by molar-refractivity contribution is 0.517. The minimum Gasteiger partial charge on any atom is -0.441 e. The van der Waals surface area contributed by atoms with Crippen molar-refractivity contribution < 1.29 is 8.83 Å². The summed E-state index contributed by atoms with van der Waals surface area (Å²) in [5, 5.41) is 3.61. The van der Waals surface area contributed by atoms with E-state index in [2.05, 4.69) is 24.1 Å². The Balaban J connectivity index is 2.19. The van der Waals surface area contributed by atoms with Crippen LogP contribution in [0.5, 0.6) is 0 Å².